The first-order chi connectivity index (χ1) is 5.63. The van der Waals surface area contributed by atoms with Crippen molar-refractivity contribution >= 4 is 5.91 Å². The van der Waals surface area contributed by atoms with Crippen molar-refractivity contribution in [3.8, 4) is 0 Å². The van der Waals surface area contributed by atoms with Crippen molar-refractivity contribution in [1.29, 1.82) is 0 Å². The lowest BCUT2D eigenvalue weighted by Gasteiger charge is -2.38. The molecule has 1 aliphatic rings. The van der Waals surface area contributed by atoms with Gasteiger partial charge in [-0.2, -0.15) is 0 Å². The quantitative estimate of drug-likeness (QED) is 0.637. The highest BCUT2D eigenvalue weighted by Gasteiger charge is 2.31. The second-order valence-corrected chi connectivity index (χ2v) is 3.89. The van der Waals surface area contributed by atoms with Crippen molar-refractivity contribution in [3.05, 3.63) is 12.7 Å². The van der Waals surface area contributed by atoms with Crippen molar-refractivity contribution in [1.82, 2.24) is 5.32 Å². The van der Waals surface area contributed by atoms with Crippen molar-refractivity contribution in [2.45, 2.75) is 32.7 Å². The zero-order valence-electron chi connectivity index (χ0n) is 7.84. The lowest BCUT2D eigenvalue weighted by molar-refractivity contribution is -0.118. The first kappa shape index (κ1) is 9.30. The fourth-order valence-corrected chi connectivity index (χ4v) is 1.58. The zero-order chi connectivity index (χ0) is 9.14. The number of hydrogen-bond acceptors (Lipinski definition) is 1. The second-order valence-electron chi connectivity index (χ2n) is 3.89. The molecule has 0 unspecified atom stereocenters. The molecular formula is C10H17NO. The summed E-state index contributed by atoms with van der Waals surface area (Å²) in [6.45, 7) is 7.88. The predicted octanol–water partition coefficient (Wildman–Crippen LogP) is 1.72. The van der Waals surface area contributed by atoms with E-state index in [0.29, 0.717) is 6.04 Å². The van der Waals surface area contributed by atoms with Crippen LogP contribution in [0.1, 0.15) is 26.7 Å². The summed E-state index contributed by atoms with van der Waals surface area (Å²) in [7, 11) is 0. The van der Waals surface area contributed by atoms with Gasteiger partial charge in [-0.25, -0.2) is 0 Å². The fourth-order valence-electron chi connectivity index (χ4n) is 1.58. The van der Waals surface area contributed by atoms with Crippen LogP contribution in [-0.4, -0.2) is 11.9 Å². The van der Waals surface area contributed by atoms with Gasteiger partial charge in [0, 0.05) is 6.04 Å². The Morgan fingerprint density at radius 3 is 2.58 bits per heavy atom. The molecule has 1 fully saturated rings. The van der Waals surface area contributed by atoms with Crippen LogP contribution in [0.5, 0.6) is 0 Å². The predicted molar refractivity (Wildman–Crippen MR) is 49.7 cm³/mol. The van der Waals surface area contributed by atoms with Crippen molar-refractivity contribution < 1.29 is 4.79 Å². The van der Waals surface area contributed by atoms with Gasteiger partial charge in [-0.15, -0.1) is 0 Å². The third-order valence-electron chi connectivity index (χ3n) is 2.65. The second kappa shape index (κ2) is 3.74. The molecule has 1 amide bonds. The third-order valence-corrected chi connectivity index (χ3v) is 2.65. The molecule has 0 aliphatic heterocycles. The Morgan fingerprint density at radius 1 is 1.58 bits per heavy atom. The molecule has 0 spiro atoms. The number of rotatable bonds is 3. The van der Waals surface area contributed by atoms with Crippen molar-refractivity contribution in [3.63, 3.8) is 0 Å². The summed E-state index contributed by atoms with van der Waals surface area (Å²) in [6.07, 6.45) is 3.61. The Labute approximate surface area is 74.0 Å². The molecule has 0 radical (unpaired) electrons. The van der Waals surface area contributed by atoms with Crippen LogP contribution < -0.4 is 5.32 Å². The van der Waals surface area contributed by atoms with Crippen LogP contribution in [0.2, 0.25) is 0 Å². The van der Waals surface area contributed by atoms with E-state index >= 15 is 0 Å². The maximum absolute atomic E-state index is 10.9. The molecule has 0 aromatic heterocycles. The summed E-state index contributed by atoms with van der Waals surface area (Å²) in [5, 5.41) is 2.89. The Bertz CT molecular complexity index is 180. The van der Waals surface area contributed by atoms with E-state index in [1.807, 2.05) is 0 Å². The van der Waals surface area contributed by atoms with Gasteiger partial charge in [-0.1, -0.05) is 20.4 Å². The Hall–Kier alpha value is -0.790. The Balaban J connectivity index is 2.17. The summed E-state index contributed by atoms with van der Waals surface area (Å²) in [6, 6.07) is 0.405. The van der Waals surface area contributed by atoms with Gasteiger partial charge in [0.05, 0.1) is 0 Å². The monoisotopic (exact) mass is 167 g/mol. The maximum atomic E-state index is 10.9. The van der Waals surface area contributed by atoms with Crippen LogP contribution in [0.3, 0.4) is 0 Å². The van der Waals surface area contributed by atoms with Gasteiger partial charge in [0.2, 0.25) is 5.91 Å². The van der Waals surface area contributed by atoms with Crippen molar-refractivity contribution in [2.75, 3.05) is 0 Å². The molecule has 1 rings (SSSR count). The third kappa shape index (κ3) is 2.10. The molecule has 1 saturated carbocycles. The molecule has 68 valence electrons. The summed E-state index contributed by atoms with van der Waals surface area (Å²) in [5.74, 6) is 1.52. The normalized spacial score (nSPS) is 27.9. The smallest absolute Gasteiger partial charge is 0.243 e. The van der Waals surface area contributed by atoms with Gasteiger partial charge in [-0.05, 0) is 30.8 Å². The topological polar surface area (TPSA) is 29.1 Å². The lowest BCUT2D eigenvalue weighted by Crippen LogP contribution is -2.45. The largest absolute Gasteiger partial charge is 0.350 e. The molecule has 0 aromatic rings. The van der Waals surface area contributed by atoms with E-state index < -0.39 is 0 Å². The van der Waals surface area contributed by atoms with Crippen LogP contribution in [-0.2, 0) is 4.79 Å². The van der Waals surface area contributed by atoms with E-state index in [4.69, 9.17) is 0 Å². The molecule has 0 saturated heterocycles. The lowest BCUT2D eigenvalue weighted by atomic mass is 9.74. The molecule has 1 N–H and O–H groups in total. The van der Waals surface area contributed by atoms with E-state index in [9.17, 15) is 4.79 Å². The summed E-state index contributed by atoms with van der Waals surface area (Å²) < 4.78 is 0. The van der Waals surface area contributed by atoms with E-state index in [0.717, 1.165) is 24.7 Å². The number of nitrogens with one attached hydrogen (secondary N) is 1. The van der Waals surface area contributed by atoms with Gasteiger partial charge in [-0.3, -0.25) is 4.79 Å². The van der Waals surface area contributed by atoms with Gasteiger partial charge in [0.1, 0.15) is 0 Å². The minimum absolute atomic E-state index is 0.0396. The highest BCUT2D eigenvalue weighted by Crippen LogP contribution is 2.33. The number of carbonyl (C=O) groups excluding carboxylic acids is 1. The molecule has 0 bridgehead atoms. The van der Waals surface area contributed by atoms with Gasteiger partial charge in [0.25, 0.3) is 0 Å². The van der Waals surface area contributed by atoms with E-state index in [-0.39, 0.29) is 5.91 Å². The molecular weight excluding hydrogens is 150 g/mol. The van der Waals surface area contributed by atoms with Crippen LogP contribution >= 0.6 is 0 Å². The molecule has 2 nitrogen and oxygen atoms in total. The average Bonchev–Trinajstić information content (AvgIpc) is 1.94. The minimum atomic E-state index is -0.0396. The summed E-state index contributed by atoms with van der Waals surface area (Å²) >= 11 is 0. The van der Waals surface area contributed by atoms with E-state index in [1.165, 1.54) is 6.08 Å². The SMILES string of the molecule is C=CC(=O)NC1CC(C(C)C)C1. The molecule has 2 heteroatoms. The minimum Gasteiger partial charge on any atom is -0.350 e. The van der Waals surface area contributed by atoms with Crippen LogP contribution in [0, 0.1) is 11.8 Å². The van der Waals surface area contributed by atoms with E-state index in [1.54, 1.807) is 0 Å². The number of carbonyl (C=O) groups is 1. The van der Waals surface area contributed by atoms with Crippen molar-refractivity contribution in [2.24, 2.45) is 11.8 Å². The van der Waals surface area contributed by atoms with Crippen LogP contribution in [0.4, 0.5) is 0 Å². The molecule has 0 atom stereocenters. The maximum Gasteiger partial charge on any atom is 0.243 e. The van der Waals surface area contributed by atoms with Gasteiger partial charge >= 0.3 is 0 Å². The highest BCUT2D eigenvalue weighted by molar-refractivity contribution is 5.87. The highest BCUT2D eigenvalue weighted by atomic mass is 16.1. The van der Waals surface area contributed by atoms with Gasteiger partial charge < -0.3 is 5.32 Å². The molecule has 0 aromatic carbocycles. The fraction of sp³-hybridized carbons (Fsp3) is 0.700. The van der Waals surface area contributed by atoms with Crippen LogP contribution in [0.25, 0.3) is 0 Å². The number of hydrogen-bond donors (Lipinski definition) is 1. The van der Waals surface area contributed by atoms with Crippen LogP contribution in [0.15, 0.2) is 12.7 Å². The van der Waals surface area contributed by atoms with E-state index in [2.05, 4.69) is 25.7 Å². The summed E-state index contributed by atoms with van der Waals surface area (Å²) in [4.78, 5) is 10.9. The first-order valence-corrected chi connectivity index (χ1v) is 4.56. The first-order valence-electron chi connectivity index (χ1n) is 4.56. The molecule has 12 heavy (non-hydrogen) atoms. The molecule has 1 aliphatic carbocycles. The zero-order valence-corrected chi connectivity index (χ0v) is 7.84. The average molecular weight is 167 g/mol. The Morgan fingerprint density at radius 2 is 2.17 bits per heavy atom. The molecule has 0 heterocycles. The number of amides is 1. The Kier molecular flexibility index (Phi) is 2.90. The van der Waals surface area contributed by atoms with Gasteiger partial charge in [0.15, 0.2) is 0 Å². The summed E-state index contributed by atoms with van der Waals surface area (Å²) in [5.41, 5.74) is 0. The standard InChI is InChI=1S/C10H17NO/c1-4-10(12)11-9-5-8(6-9)7(2)3/h4,7-9H,1,5-6H2,2-3H3,(H,11,12).